The molecule has 0 N–H and O–H groups in total. The van der Waals surface area contributed by atoms with E-state index in [1.807, 2.05) is 96.9 Å². The molecule has 0 saturated heterocycles. The average Bonchev–Trinajstić information content (AvgIpc) is 1.52. The summed E-state index contributed by atoms with van der Waals surface area (Å²) in [6, 6.07) is 0. The van der Waals surface area contributed by atoms with Crippen molar-refractivity contribution in [1.29, 1.82) is 0 Å². The number of hydrogen-bond donors (Lipinski definition) is 0. The third-order valence-electron chi connectivity index (χ3n) is 33.4. The zero-order valence-electron chi connectivity index (χ0n) is 70.1. The quantitative estimate of drug-likeness (QED) is 0.0728. The first-order valence-corrected chi connectivity index (χ1v) is 44.8. The summed E-state index contributed by atoms with van der Waals surface area (Å²) in [6.45, 7) is 36.3. The van der Waals surface area contributed by atoms with Crippen LogP contribution in [-0.4, -0.2) is 71.9 Å². The van der Waals surface area contributed by atoms with Crippen LogP contribution in [-0.2, 0) is 57.2 Å². The summed E-state index contributed by atoms with van der Waals surface area (Å²) in [5.41, 5.74) is -1.93. The number of rotatable bonds is 18. The molecule has 18 rings (SSSR count). The Balaban J connectivity index is 0.000000236. The van der Waals surface area contributed by atoms with Crippen LogP contribution < -0.4 is 0 Å². The summed E-state index contributed by atoms with van der Waals surface area (Å²) >= 11 is 0. The van der Waals surface area contributed by atoms with Gasteiger partial charge in [0.15, 0.2) is 0 Å². The van der Waals surface area contributed by atoms with E-state index in [1.165, 1.54) is 154 Å². The van der Waals surface area contributed by atoms with Crippen molar-refractivity contribution in [2.45, 2.75) is 449 Å². The lowest BCUT2D eigenvalue weighted by molar-refractivity contribution is -0.196. The minimum absolute atomic E-state index is 0. The summed E-state index contributed by atoms with van der Waals surface area (Å²) in [6.07, 6.45) is 48.1. The normalized spacial score (nSPS) is 37.2. The Morgan fingerprint density at radius 3 is 1.10 bits per heavy atom. The fourth-order valence-corrected chi connectivity index (χ4v) is 24.4. The van der Waals surface area contributed by atoms with Gasteiger partial charge in [0.25, 0.3) is 0 Å². The van der Waals surface area contributed by atoms with E-state index in [4.69, 9.17) is 28.4 Å². The molecule has 12 nitrogen and oxygen atoms in total. The van der Waals surface area contributed by atoms with Crippen LogP contribution in [0.15, 0.2) is 0 Å². The molecule has 19 unspecified atom stereocenters. The van der Waals surface area contributed by atoms with E-state index in [9.17, 15) is 28.8 Å². The summed E-state index contributed by atoms with van der Waals surface area (Å²) < 4.78 is 35.1. The Hall–Kier alpha value is -3.18. The van der Waals surface area contributed by atoms with E-state index in [2.05, 4.69) is 27.7 Å². The highest BCUT2D eigenvalue weighted by molar-refractivity contribution is 5.78. The molecule has 18 aliphatic rings. The topological polar surface area (TPSA) is 158 Å². The molecule has 14 bridgehead atoms. The lowest BCUT2D eigenvalue weighted by Gasteiger charge is -2.56. The number of carbonyl (C=O) groups is 6. The Morgan fingerprint density at radius 2 is 0.640 bits per heavy atom. The highest BCUT2D eigenvalue weighted by Crippen LogP contribution is 2.68. The SMILES string of the molecule is C.C.C.C.C.C.CCC(C)(C)C(=O)OC12CC3CC(CC(C3)C1)C2.CCC(C)(C)C(=O)OC1CC2CC1C1C3CCC(C3)C21.CCC(C)(C)C(=O)OC1CC2CC1C1CCCC21.CCC(C)(C)C(=O)OC1CC2CCC1C2.CCC(C)(C)C(=O)OC1CC2CCC1CC2.CCC(C)(C)C(=O)OC1CCC2CCCCC2C1. The molecule has 111 heavy (non-hydrogen) atoms. The van der Waals surface area contributed by atoms with Crippen molar-refractivity contribution >= 4 is 35.8 Å². The van der Waals surface area contributed by atoms with Gasteiger partial charge in [0.1, 0.15) is 36.1 Å². The van der Waals surface area contributed by atoms with Crippen LogP contribution in [0.3, 0.4) is 0 Å². The van der Waals surface area contributed by atoms with Crippen LogP contribution in [0, 0.1) is 145 Å². The molecule has 18 saturated carbocycles. The minimum Gasteiger partial charge on any atom is -0.462 e. The second-order valence-corrected chi connectivity index (χ2v) is 42.6. The summed E-state index contributed by atoms with van der Waals surface area (Å²) in [4.78, 5) is 72.9. The van der Waals surface area contributed by atoms with Gasteiger partial charge in [0.2, 0.25) is 0 Å². The van der Waals surface area contributed by atoms with Gasteiger partial charge in [-0.15, -0.1) is 0 Å². The predicted octanol–water partition coefficient (Wildman–Crippen LogP) is 26.6. The van der Waals surface area contributed by atoms with E-state index in [0.29, 0.717) is 23.7 Å². The number of ether oxygens (including phenoxy) is 6. The maximum Gasteiger partial charge on any atom is 0.312 e. The fraction of sp³-hybridized carbons (Fsp3) is 0.939. The third kappa shape index (κ3) is 22.4. The fourth-order valence-electron chi connectivity index (χ4n) is 24.4. The lowest BCUT2D eigenvalue weighted by Crippen LogP contribution is -2.53. The van der Waals surface area contributed by atoms with Gasteiger partial charge in [0.05, 0.1) is 32.5 Å². The molecule has 0 radical (unpaired) electrons. The molecule has 0 aromatic rings. The molecular weight excluding hydrogens is 1380 g/mol. The van der Waals surface area contributed by atoms with Crippen molar-refractivity contribution in [1.82, 2.24) is 0 Å². The van der Waals surface area contributed by atoms with Crippen molar-refractivity contribution in [3.05, 3.63) is 0 Å². The first kappa shape index (κ1) is 98.4. The van der Waals surface area contributed by atoms with Gasteiger partial charge in [-0.25, -0.2) is 0 Å². The van der Waals surface area contributed by atoms with Crippen LogP contribution in [0.5, 0.6) is 0 Å². The first-order chi connectivity index (χ1) is 49.5. The number of fused-ring (bicyclic) bond motifs is 20. The van der Waals surface area contributed by atoms with Gasteiger partial charge in [-0.05, 0) is 407 Å². The Morgan fingerprint density at radius 1 is 0.261 bits per heavy atom. The maximum atomic E-state index is 12.4. The molecule has 646 valence electrons. The van der Waals surface area contributed by atoms with E-state index in [-0.39, 0.29) is 149 Å². The van der Waals surface area contributed by atoms with Crippen LogP contribution in [0.25, 0.3) is 0 Å². The lowest BCUT2D eigenvalue weighted by atomic mass is 9.54. The van der Waals surface area contributed by atoms with Gasteiger partial charge in [-0.2, -0.15) is 0 Å². The monoisotopic (exact) mass is 1560 g/mol. The van der Waals surface area contributed by atoms with Crippen LogP contribution in [0.2, 0.25) is 0 Å². The zero-order valence-corrected chi connectivity index (χ0v) is 70.1. The summed E-state index contributed by atoms with van der Waals surface area (Å²) in [7, 11) is 0. The molecular formula is C99H178O12. The molecule has 19 atom stereocenters. The van der Waals surface area contributed by atoms with E-state index in [1.54, 1.807) is 0 Å². The zero-order chi connectivity index (χ0) is 75.9. The van der Waals surface area contributed by atoms with Crippen molar-refractivity contribution in [2.24, 2.45) is 145 Å². The average molecular weight is 1560 g/mol. The highest BCUT2D eigenvalue weighted by atomic mass is 16.6. The van der Waals surface area contributed by atoms with E-state index < -0.39 is 0 Å². The number of hydrogen-bond acceptors (Lipinski definition) is 12. The molecule has 0 spiro atoms. The number of esters is 6. The van der Waals surface area contributed by atoms with Gasteiger partial charge in [-0.3, -0.25) is 28.8 Å². The van der Waals surface area contributed by atoms with Crippen LogP contribution >= 0.6 is 0 Å². The third-order valence-corrected chi connectivity index (χ3v) is 33.4. The maximum absolute atomic E-state index is 12.4. The smallest absolute Gasteiger partial charge is 0.312 e. The van der Waals surface area contributed by atoms with Crippen molar-refractivity contribution in [3.8, 4) is 0 Å². The Bertz CT molecular complexity index is 2910. The molecule has 0 aromatic carbocycles. The van der Waals surface area contributed by atoms with Crippen LogP contribution in [0.1, 0.15) is 413 Å². The highest BCUT2D eigenvalue weighted by Gasteiger charge is 2.64. The van der Waals surface area contributed by atoms with Gasteiger partial charge in [-0.1, -0.05) is 118 Å². The second-order valence-electron chi connectivity index (χ2n) is 42.6. The molecule has 0 aliphatic heterocycles. The van der Waals surface area contributed by atoms with E-state index >= 15 is 0 Å². The van der Waals surface area contributed by atoms with Crippen molar-refractivity contribution in [2.75, 3.05) is 0 Å². The van der Waals surface area contributed by atoms with Crippen molar-refractivity contribution in [3.63, 3.8) is 0 Å². The van der Waals surface area contributed by atoms with Gasteiger partial charge in [0, 0.05) is 0 Å². The largest absolute Gasteiger partial charge is 0.462 e. The van der Waals surface area contributed by atoms with Crippen LogP contribution in [0.4, 0.5) is 0 Å². The molecule has 12 heteroatoms. The number of carbonyl (C=O) groups excluding carboxylic acids is 6. The summed E-state index contributed by atoms with van der Waals surface area (Å²) in [5.74, 6) is 16.3. The Kier molecular flexibility index (Phi) is 35.5. The molecule has 0 heterocycles. The standard InChI is InChI=1S/C18H28O2.2C16H26O2.C16H28O2.C14H24O2.C13H22O2.6CH4/c1-4-18(2,3)17(19)20-14-9-12-8-13(14)16-11-6-5-10(7-11)15(12)16;1-4-15(2,3)14(17)18-16-8-11-5-12(9-16)7-13(6-11)10-16;1-4-16(2,3)15(17)18-14-9-10-8-13(14)12-7-5-6-11(10)12;1-4-16(2,3)15(17)18-14-10-9-12-7-5-6-8-13(12)11-14;1-4-14(2,3)13(15)16-12-9-10-5-7-11(12)8-6-10;1-4-13(2,3)12(14)15-11-8-9-5-6-10(11)7-9;;;;;;/h10-16H,4-9H2,1-3H3;11-13H,4-10H2,1-3H3;10-14H,4-9H2,1-3H3;12-14H,4-11H2,1-3H3;10-12H,4-9H2,1-3H3;9-11H,4-8H2,1-3H3;6*1H4. The first-order valence-electron chi connectivity index (χ1n) is 44.8. The molecule has 18 aliphatic carbocycles. The van der Waals surface area contributed by atoms with Gasteiger partial charge < -0.3 is 28.4 Å². The molecule has 0 amide bonds. The summed E-state index contributed by atoms with van der Waals surface area (Å²) in [5, 5.41) is 0. The predicted molar refractivity (Wildman–Crippen MR) is 457 cm³/mol. The Labute approximate surface area is 683 Å². The van der Waals surface area contributed by atoms with E-state index in [0.717, 1.165) is 179 Å². The minimum atomic E-state index is -0.316. The van der Waals surface area contributed by atoms with Gasteiger partial charge >= 0.3 is 35.8 Å². The second kappa shape index (κ2) is 40.0. The molecule has 18 fully saturated rings. The van der Waals surface area contributed by atoms with Crippen molar-refractivity contribution < 1.29 is 57.2 Å². The molecule has 0 aromatic heterocycles.